The molecule has 0 saturated heterocycles. The number of hydrogen-bond acceptors (Lipinski definition) is 6. The molecule has 0 spiro atoms. The number of benzene rings is 2. The third kappa shape index (κ3) is 9.81. The molecule has 2 aromatic carbocycles. The summed E-state index contributed by atoms with van der Waals surface area (Å²) in [6.07, 6.45) is 4.26. The van der Waals surface area contributed by atoms with Gasteiger partial charge in [-0.25, -0.2) is 5.84 Å². The van der Waals surface area contributed by atoms with Crippen LogP contribution in [-0.4, -0.2) is 30.7 Å². The maximum Gasteiger partial charge on any atom is 0.0832 e. The van der Waals surface area contributed by atoms with E-state index < -0.39 is 0 Å². The number of unbranched alkanes of at least 4 members (excludes halogenated alkanes) is 1. The van der Waals surface area contributed by atoms with Gasteiger partial charge in [-0.05, 0) is 50.8 Å². The Kier molecular flexibility index (Phi) is 14.4. The van der Waals surface area contributed by atoms with Gasteiger partial charge < -0.3 is 26.3 Å². The van der Waals surface area contributed by atoms with Crippen LogP contribution in [0.4, 0.5) is 5.69 Å². The van der Waals surface area contributed by atoms with Crippen molar-refractivity contribution in [2.75, 3.05) is 24.5 Å². The Hall–Kier alpha value is -3.48. The number of hydrazine groups is 1. The number of rotatable bonds is 14. The molecule has 0 bridgehead atoms. The molecule has 0 saturated carbocycles. The summed E-state index contributed by atoms with van der Waals surface area (Å²) in [5.74, 6) is 7.14. The van der Waals surface area contributed by atoms with E-state index in [-0.39, 0.29) is 6.04 Å². The fourth-order valence-electron chi connectivity index (χ4n) is 4.57. The van der Waals surface area contributed by atoms with E-state index in [0.29, 0.717) is 18.2 Å². The highest BCUT2D eigenvalue weighted by atomic mass is 15.4. The SMILES string of the molecule is C=C(CC)NCCC(=C)N1Cc2ccccc2/C(N(N)C(C)C)=C(/N)c2ccccc21.C=C(CNCCCC)C(C)C. The topological polar surface area (TPSA) is 82.6 Å². The molecule has 0 amide bonds. The normalized spacial score (nSPS) is 14.3. The zero-order chi connectivity index (χ0) is 31.2. The molecule has 230 valence electrons. The lowest BCUT2D eigenvalue weighted by Gasteiger charge is -2.35. The Morgan fingerprint density at radius 2 is 1.60 bits per heavy atom. The van der Waals surface area contributed by atoms with Crippen LogP contribution in [0.3, 0.4) is 0 Å². The summed E-state index contributed by atoms with van der Waals surface area (Å²) >= 11 is 0. The van der Waals surface area contributed by atoms with Gasteiger partial charge in [-0.1, -0.05) is 102 Å². The van der Waals surface area contributed by atoms with Crippen molar-refractivity contribution in [1.29, 1.82) is 0 Å². The minimum atomic E-state index is 0.108. The number of anilines is 1. The molecule has 6 N–H and O–H groups in total. The quantitative estimate of drug-likeness (QED) is 0.0818. The Morgan fingerprint density at radius 1 is 0.952 bits per heavy atom. The molecule has 2 aromatic rings. The molecule has 0 radical (unpaired) electrons. The van der Waals surface area contributed by atoms with E-state index in [1.807, 2.05) is 18.2 Å². The second-order valence-corrected chi connectivity index (χ2v) is 11.6. The third-order valence-electron chi connectivity index (χ3n) is 7.63. The molecule has 0 fully saturated rings. The van der Waals surface area contributed by atoms with Crippen molar-refractivity contribution in [3.8, 4) is 0 Å². The van der Waals surface area contributed by atoms with Gasteiger partial charge in [0.15, 0.2) is 0 Å². The predicted molar refractivity (Wildman–Crippen MR) is 184 cm³/mol. The van der Waals surface area contributed by atoms with Gasteiger partial charge in [-0.15, -0.1) is 0 Å². The van der Waals surface area contributed by atoms with Crippen molar-refractivity contribution in [3.63, 3.8) is 0 Å². The molecule has 1 aliphatic heterocycles. The molecule has 0 aromatic heterocycles. The van der Waals surface area contributed by atoms with E-state index in [1.54, 1.807) is 5.01 Å². The van der Waals surface area contributed by atoms with Crippen molar-refractivity contribution in [2.45, 2.75) is 79.8 Å². The van der Waals surface area contributed by atoms with E-state index in [9.17, 15) is 0 Å². The van der Waals surface area contributed by atoms with Gasteiger partial charge in [-0.3, -0.25) is 0 Å². The first-order valence-corrected chi connectivity index (χ1v) is 15.5. The molecule has 3 rings (SSSR count). The van der Waals surface area contributed by atoms with Gasteiger partial charge in [0.05, 0.1) is 17.1 Å². The predicted octanol–water partition coefficient (Wildman–Crippen LogP) is 7.38. The van der Waals surface area contributed by atoms with E-state index >= 15 is 0 Å². The highest BCUT2D eigenvalue weighted by Gasteiger charge is 2.26. The first-order valence-electron chi connectivity index (χ1n) is 15.5. The van der Waals surface area contributed by atoms with Crippen LogP contribution in [0.5, 0.6) is 0 Å². The Labute approximate surface area is 256 Å². The van der Waals surface area contributed by atoms with Crippen molar-refractivity contribution >= 4 is 17.1 Å². The third-order valence-corrected chi connectivity index (χ3v) is 7.63. The Morgan fingerprint density at radius 3 is 2.21 bits per heavy atom. The van der Waals surface area contributed by atoms with Gasteiger partial charge in [0.2, 0.25) is 0 Å². The lowest BCUT2D eigenvalue weighted by atomic mass is 9.95. The molecule has 1 heterocycles. The minimum absolute atomic E-state index is 0.108. The summed E-state index contributed by atoms with van der Waals surface area (Å²) in [7, 11) is 0. The lowest BCUT2D eigenvalue weighted by Crippen LogP contribution is -2.38. The molecule has 6 nitrogen and oxygen atoms in total. The molecule has 0 atom stereocenters. The van der Waals surface area contributed by atoms with E-state index in [4.69, 9.17) is 11.6 Å². The fourth-order valence-corrected chi connectivity index (χ4v) is 4.57. The number of fused-ring (bicyclic) bond motifs is 2. The molecule has 1 aliphatic rings. The second kappa shape index (κ2) is 17.5. The average Bonchev–Trinajstić information content (AvgIpc) is 2.98. The van der Waals surface area contributed by atoms with Crippen molar-refractivity contribution in [3.05, 3.63) is 102 Å². The van der Waals surface area contributed by atoms with Gasteiger partial charge in [0.25, 0.3) is 0 Å². The summed E-state index contributed by atoms with van der Waals surface area (Å²) in [5, 5.41) is 8.52. The average molecular weight is 573 g/mol. The van der Waals surface area contributed by atoms with E-state index in [1.165, 1.54) is 18.4 Å². The van der Waals surface area contributed by atoms with Gasteiger partial charge in [0.1, 0.15) is 0 Å². The first-order chi connectivity index (χ1) is 20.0. The number of hydrogen-bond donors (Lipinski definition) is 4. The minimum Gasteiger partial charge on any atom is -0.396 e. The molecule has 6 heteroatoms. The molecular weight excluding hydrogens is 516 g/mol. The smallest absolute Gasteiger partial charge is 0.0832 e. The maximum atomic E-state index is 6.81. The van der Waals surface area contributed by atoms with Gasteiger partial charge in [0, 0.05) is 54.6 Å². The fraction of sp³-hybridized carbons (Fsp3) is 0.444. The Bertz CT molecular complexity index is 1210. The largest absolute Gasteiger partial charge is 0.396 e. The first kappa shape index (κ1) is 34.7. The molecule has 0 aliphatic carbocycles. The van der Waals surface area contributed by atoms with Crippen molar-refractivity contribution in [1.82, 2.24) is 15.6 Å². The van der Waals surface area contributed by atoms with E-state index in [0.717, 1.165) is 71.9 Å². The van der Waals surface area contributed by atoms with E-state index in [2.05, 4.69) is 107 Å². The number of nitrogens with one attached hydrogen (secondary N) is 2. The zero-order valence-corrected chi connectivity index (χ0v) is 27.1. The van der Waals surface area contributed by atoms with Crippen LogP contribution < -0.4 is 27.1 Å². The lowest BCUT2D eigenvalue weighted by molar-refractivity contribution is 0.343. The maximum absolute atomic E-state index is 6.81. The van der Waals surface area contributed by atoms with Crippen LogP contribution in [0.15, 0.2) is 85.2 Å². The summed E-state index contributed by atoms with van der Waals surface area (Å²) in [5.41, 5.74) is 16.0. The monoisotopic (exact) mass is 572 g/mol. The highest BCUT2D eigenvalue weighted by molar-refractivity contribution is 5.94. The van der Waals surface area contributed by atoms with Crippen molar-refractivity contribution < 1.29 is 0 Å². The summed E-state index contributed by atoms with van der Waals surface area (Å²) in [6.45, 7) is 28.9. The van der Waals surface area contributed by atoms with Crippen LogP contribution in [0, 0.1) is 5.92 Å². The zero-order valence-electron chi connectivity index (χ0n) is 27.1. The van der Waals surface area contributed by atoms with Crippen LogP contribution >= 0.6 is 0 Å². The molecular formula is C36H56N6. The van der Waals surface area contributed by atoms with Crippen LogP contribution in [0.1, 0.15) is 83.9 Å². The van der Waals surface area contributed by atoms with Crippen LogP contribution in [-0.2, 0) is 6.54 Å². The van der Waals surface area contributed by atoms with Crippen LogP contribution in [0.25, 0.3) is 11.4 Å². The number of nitrogens with zero attached hydrogens (tertiary/aromatic N) is 2. The summed E-state index contributed by atoms with van der Waals surface area (Å²) in [4.78, 5) is 2.27. The van der Waals surface area contributed by atoms with Crippen LogP contribution in [0.2, 0.25) is 0 Å². The Balaban J connectivity index is 0.000000476. The number of allylic oxidation sites excluding steroid dienone is 1. The van der Waals surface area contributed by atoms with Crippen molar-refractivity contribution in [2.24, 2.45) is 17.5 Å². The summed E-state index contributed by atoms with van der Waals surface area (Å²) < 4.78 is 0. The van der Waals surface area contributed by atoms with Gasteiger partial charge >= 0.3 is 0 Å². The standard InChI is InChI=1S/C26H35N5.C10H21N/c1-6-19(4)29-16-15-20(5)30-17-21-11-7-8-12-22(21)26(31(28)18(2)3)25(27)23-13-9-10-14-24(23)30;1-5-6-7-11-8-10(4)9(2)3/h7-14,18,29H,4-6,15-17,27-28H2,1-3H3;9,11H,4-8H2,1-3H3/b26-25-;. The highest BCUT2D eigenvalue weighted by Crippen LogP contribution is 2.38. The number of para-hydroxylation sites is 1. The number of nitrogens with two attached hydrogens (primary N) is 2. The second-order valence-electron chi connectivity index (χ2n) is 11.6. The van der Waals surface area contributed by atoms with Gasteiger partial charge in [-0.2, -0.15) is 0 Å². The summed E-state index contributed by atoms with van der Waals surface area (Å²) in [6, 6.07) is 16.7. The molecule has 0 unspecified atom stereocenters. The molecule has 42 heavy (non-hydrogen) atoms.